The standard InChI is InChI=1S/C10H12N4S/c1-2-6-15-7-5-13-10-12-4-3-9(8-11)14-10/h2-4H,1,5-7H2,(H,12,13,14). The molecular weight excluding hydrogens is 208 g/mol. The maximum Gasteiger partial charge on any atom is 0.223 e. The van der Waals surface area contributed by atoms with E-state index in [1.807, 2.05) is 12.1 Å². The van der Waals surface area contributed by atoms with Crippen molar-refractivity contribution in [3.8, 4) is 6.07 Å². The first-order chi connectivity index (χ1) is 7.36. The van der Waals surface area contributed by atoms with E-state index in [0.29, 0.717) is 11.6 Å². The molecule has 0 amide bonds. The third-order valence-electron chi connectivity index (χ3n) is 1.54. The normalized spacial score (nSPS) is 9.27. The average molecular weight is 220 g/mol. The van der Waals surface area contributed by atoms with E-state index in [9.17, 15) is 0 Å². The molecule has 0 aliphatic carbocycles. The van der Waals surface area contributed by atoms with E-state index in [1.165, 1.54) is 0 Å². The topological polar surface area (TPSA) is 61.6 Å². The van der Waals surface area contributed by atoms with Crippen molar-refractivity contribution in [1.29, 1.82) is 5.26 Å². The molecule has 0 bridgehead atoms. The zero-order valence-electron chi connectivity index (χ0n) is 8.31. The van der Waals surface area contributed by atoms with Gasteiger partial charge in [-0.3, -0.25) is 0 Å². The number of thioether (sulfide) groups is 1. The highest BCUT2D eigenvalue weighted by atomic mass is 32.2. The Hall–Kier alpha value is -1.54. The van der Waals surface area contributed by atoms with E-state index < -0.39 is 0 Å². The molecule has 0 saturated carbocycles. The summed E-state index contributed by atoms with van der Waals surface area (Å²) in [5, 5.41) is 11.7. The van der Waals surface area contributed by atoms with Crippen molar-refractivity contribution >= 4 is 17.7 Å². The molecule has 0 spiro atoms. The molecule has 78 valence electrons. The average Bonchev–Trinajstić information content (AvgIpc) is 2.29. The Kier molecular flexibility index (Phi) is 5.26. The lowest BCUT2D eigenvalue weighted by Gasteiger charge is -2.02. The summed E-state index contributed by atoms with van der Waals surface area (Å²) < 4.78 is 0. The Labute approximate surface area is 93.4 Å². The van der Waals surface area contributed by atoms with Crippen LogP contribution in [0.2, 0.25) is 0 Å². The van der Waals surface area contributed by atoms with Gasteiger partial charge < -0.3 is 5.32 Å². The van der Waals surface area contributed by atoms with Crippen LogP contribution in [0, 0.1) is 11.3 Å². The number of hydrogen-bond donors (Lipinski definition) is 1. The summed E-state index contributed by atoms with van der Waals surface area (Å²) in [4.78, 5) is 8.00. The number of hydrogen-bond acceptors (Lipinski definition) is 5. The van der Waals surface area contributed by atoms with Gasteiger partial charge in [-0.25, -0.2) is 9.97 Å². The molecule has 0 aromatic carbocycles. The van der Waals surface area contributed by atoms with E-state index in [2.05, 4.69) is 21.9 Å². The smallest absolute Gasteiger partial charge is 0.223 e. The van der Waals surface area contributed by atoms with Crippen molar-refractivity contribution in [3.63, 3.8) is 0 Å². The fraction of sp³-hybridized carbons (Fsp3) is 0.300. The fourth-order valence-corrected chi connectivity index (χ4v) is 1.49. The molecule has 0 aliphatic rings. The molecule has 1 rings (SSSR count). The molecule has 5 heteroatoms. The number of nitrogens with zero attached hydrogens (tertiary/aromatic N) is 3. The summed E-state index contributed by atoms with van der Waals surface area (Å²) in [6.45, 7) is 4.42. The van der Waals surface area contributed by atoms with E-state index in [-0.39, 0.29) is 0 Å². The van der Waals surface area contributed by atoms with Crippen molar-refractivity contribution in [2.24, 2.45) is 0 Å². The molecule has 0 fully saturated rings. The Morgan fingerprint density at radius 1 is 1.67 bits per heavy atom. The maximum atomic E-state index is 8.62. The van der Waals surface area contributed by atoms with Crippen LogP contribution in [-0.2, 0) is 0 Å². The molecule has 15 heavy (non-hydrogen) atoms. The van der Waals surface area contributed by atoms with E-state index in [1.54, 1.807) is 24.0 Å². The minimum Gasteiger partial charge on any atom is -0.353 e. The van der Waals surface area contributed by atoms with Gasteiger partial charge in [0.2, 0.25) is 5.95 Å². The highest BCUT2D eigenvalue weighted by molar-refractivity contribution is 7.99. The summed E-state index contributed by atoms with van der Waals surface area (Å²) in [6.07, 6.45) is 3.45. The predicted octanol–water partition coefficient (Wildman–Crippen LogP) is 1.68. The molecule has 0 radical (unpaired) electrons. The lowest BCUT2D eigenvalue weighted by atomic mass is 10.4. The predicted molar refractivity (Wildman–Crippen MR) is 62.8 cm³/mol. The van der Waals surface area contributed by atoms with Gasteiger partial charge in [-0.15, -0.1) is 6.58 Å². The highest BCUT2D eigenvalue weighted by Crippen LogP contribution is 2.01. The van der Waals surface area contributed by atoms with Crippen LogP contribution in [0.15, 0.2) is 24.9 Å². The summed E-state index contributed by atoms with van der Waals surface area (Å²) in [7, 11) is 0. The van der Waals surface area contributed by atoms with E-state index in [4.69, 9.17) is 5.26 Å². The van der Waals surface area contributed by atoms with Gasteiger partial charge in [0, 0.05) is 24.2 Å². The Morgan fingerprint density at radius 2 is 2.53 bits per heavy atom. The summed E-state index contributed by atoms with van der Waals surface area (Å²) in [5.74, 6) is 2.42. The van der Waals surface area contributed by atoms with E-state index >= 15 is 0 Å². The van der Waals surface area contributed by atoms with Crippen LogP contribution in [0.3, 0.4) is 0 Å². The molecule has 1 heterocycles. The highest BCUT2D eigenvalue weighted by Gasteiger charge is 1.96. The van der Waals surface area contributed by atoms with Crippen molar-refractivity contribution in [1.82, 2.24) is 9.97 Å². The van der Waals surface area contributed by atoms with Crippen LogP contribution in [0.1, 0.15) is 5.69 Å². The van der Waals surface area contributed by atoms with Crippen LogP contribution < -0.4 is 5.32 Å². The molecule has 0 atom stereocenters. The molecule has 0 aliphatic heterocycles. The van der Waals surface area contributed by atoms with Crippen molar-refractivity contribution < 1.29 is 0 Å². The Balaban J connectivity index is 2.31. The van der Waals surface area contributed by atoms with Crippen LogP contribution >= 0.6 is 11.8 Å². The van der Waals surface area contributed by atoms with Crippen LogP contribution in [0.25, 0.3) is 0 Å². The van der Waals surface area contributed by atoms with Crippen molar-refractivity contribution in [2.75, 3.05) is 23.4 Å². The number of anilines is 1. The SMILES string of the molecule is C=CCSCCNc1nccc(C#N)n1. The second-order valence-corrected chi connectivity index (χ2v) is 3.82. The molecule has 1 aromatic rings. The van der Waals surface area contributed by atoms with Gasteiger partial charge in [0.15, 0.2) is 0 Å². The Bertz CT molecular complexity index is 359. The minimum absolute atomic E-state index is 0.381. The molecule has 1 aromatic heterocycles. The summed E-state index contributed by atoms with van der Waals surface area (Å²) in [6, 6.07) is 3.55. The molecule has 0 unspecified atom stereocenters. The monoisotopic (exact) mass is 220 g/mol. The summed E-state index contributed by atoms with van der Waals surface area (Å²) >= 11 is 1.78. The molecule has 0 saturated heterocycles. The number of rotatable bonds is 6. The zero-order chi connectivity index (χ0) is 10.9. The lowest BCUT2D eigenvalue weighted by molar-refractivity contribution is 1.08. The Morgan fingerprint density at radius 3 is 3.27 bits per heavy atom. The quantitative estimate of drug-likeness (QED) is 0.583. The number of nitrogens with one attached hydrogen (secondary N) is 1. The van der Waals surface area contributed by atoms with Gasteiger partial charge in [-0.2, -0.15) is 17.0 Å². The van der Waals surface area contributed by atoms with Crippen LogP contribution in [-0.4, -0.2) is 28.0 Å². The third kappa shape index (κ3) is 4.47. The first-order valence-corrected chi connectivity index (χ1v) is 5.68. The van der Waals surface area contributed by atoms with Crippen molar-refractivity contribution in [2.45, 2.75) is 0 Å². The molecule has 4 nitrogen and oxygen atoms in total. The second kappa shape index (κ2) is 6.85. The van der Waals surface area contributed by atoms with Crippen LogP contribution in [0.5, 0.6) is 0 Å². The lowest BCUT2D eigenvalue weighted by Crippen LogP contribution is -2.07. The van der Waals surface area contributed by atoms with Gasteiger partial charge in [-0.05, 0) is 6.07 Å². The van der Waals surface area contributed by atoms with Gasteiger partial charge in [0.05, 0.1) is 0 Å². The van der Waals surface area contributed by atoms with Crippen LogP contribution in [0.4, 0.5) is 5.95 Å². The van der Waals surface area contributed by atoms with Gasteiger partial charge in [0.25, 0.3) is 0 Å². The maximum absolute atomic E-state index is 8.62. The van der Waals surface area contributed by atoms with Gasteiger partial charge >= 0.3 is 0 Å². The first-order valence-electron chi connectivity index (χ1n) is 4.52. The third-order valence-corrected chi connectivity index (χ3v) is 2.50. The largest absolute Gasteiger partial charge is 0.353 e. The number of aromatic nitrogens is 2. The fourth-order valence-electron chi connectivity index (χ4n) is 0.908. The summed E-state index contributed by atoms with van der Waals surface area (Å²) in [5.41, 5.74) is 0.381. The molecular formula is C10H12N4S. The molecule has 1 N–H and O–H groups in total. The first kappa shape index (κ1) is 11.5. The zero-order valence-corrected chi connectivity index (χ0v) is 9.13. The minimum atomic E-state index is 0.381. The second-order valence-electron chi connectivity index (χ2n) is 2.67. The number of nitriles is 1. The van der Waals surface area contributed by atoms with Gasteiger partial charge in [-0.1, -0.05) is 6.08 Å². The van der Waals surface area contributed by atoms with Crippen molar-refractivity contribution in [3.05, 3.63) is 30.6 Å². The van der Waals surface area contributed by atoms with E-state index in [0.717, 1.165) is 18.1 Å². The van der Waals surface area contributed by atoms with Gasteiger partial charge in [0.1, 0.15) is 11.8 Å².